The fraction of sp³-hybridized carbons (Fsp3) is 0.333. The van der Waals surface area contributed by atoms with Gasteiger partial charge in [0.15, 0.2) is 0 Å². The van der Waals surface area contributed by atoms with E-state index in [9.17, 15) is 0 Å². The van der Waals surface area contributed by atoms with Crippen molar-refractivity contribution in [2.75, 3.05) is 14.2 Å². The molecule has 3 heteroatoms. The molecule has 0 radical (unpaired) electrons. The van der Waals surface area contributed by atoms with E-state index in [4.69, 9.17) is 16.3 Å². The second kappa shape index (κ2) is 5.70. The average molecular weight is 302 g/mol. The van der Waals surface area contributed by atoms with Crippen molar-refractivity contribution in [3.8, 4) is 5.75 Å². The minimum absolute atomic E-state index is 0.189. The molecule has 0 aromatic heterocycles. The van der Waals surface area contributed by atoms with Crippen molar-refractivity contribution in [1.29, 1.82) is 0 Å². The normalized spacial score (nSPS) is 17.3. The van der Waals surface area contributed by atoms with E-state index in [0.29, 0.717) is 5.02 Å². The van der Waals surface area contributed by atoms with E-state index in [1.807, 2.05) is 19.2 Å². The topological polar surface area (TPSA) is 21.3 Å². The van der Waals surface area contributed by atoms with E-state index in [1.54, 1.807) is 7.11 Å². The first kappa shape index (κ1) is 14.4. The molecule has 3 rings (SSSR count). The minimum atomic E-state index is 0.189. The Hall–Kier alpha value is -1.51. The number of ether oxygens (including phenoxy) is 1. The monoisotopic (exact) mass is 301 g/mol. The van der Waals surface area contributed by atoms with E-state index in [0.717, 1.165) is 5.75 Å². The summed E-state index contributed by atoms with van der Waals surface area (Å²) in [7, 11) is 3.68. The standard InChI is InChI=1S/C18H20ClNO/c1-20-17(13-8-9-15(19)16(12-13)21-2)18(10-11-18)14-6-4-3-5-7-14/h3-9,12,17,20H,10-11H2,1-2H3. The zero-order valence-electron chi connectivity index (χ0n) is 12.4. The number of halogens is 1. The molecule has 2 aromatic carbocycles. The van der Waals surface area contributed by atoms with E-state index >= 15 is 0 Å². The van der Waals surface area contributed by atoms with Gasteiger partial charge in [-0.25, -0.2) is 0 Å². The summed E-state index contributed by atoms with van der Waals surface area (Å²) in [6, 6.07) is 17.1. The number of methoxy groups -OCH3 is 1. The third kappa shape index (κ3) is 2.54. The zero-order valence-corrected chi connectivity index (χ0v) is 13.2. The van der Waals surface area contributed by atoms with Gasteiger partial charge in [-0.15, -0.1) is 0 Å². The SMILES string of the molecule is CNC(c1ccc(Cl)c(OC)c1)C1(c2ccccc2)CC1. The summed E-state index contributed by atoms with van der Waals surface area (Å²) in [5.41, 5.74) is 2.81. The highest BCUT2D eigenvalue weighted by Gasteiger charge is 2.50. The second-order valence-corrected chi connectivity index (χ2v) is 6.05. The van der Waals surface area contributed by atoms with Crippen molar-refractivity contribution in [2.45, 2.75) is 24.3 Å². The molecule has 0 saturated heterocycles. The molecule has 0 bridgehead atoms. The first-order valence-electron chi connectivity index (χ1n) is 7.27. The number of rotatable bonds is 5. The molecular weight excluding hydrogens is 282 g/mol. The summed E-state index contributed by atoms with van der Waals surface area (Å²) in [6.45, 7) is 0. The van der Waals surface area contributed by atoms with Crippen LogP contribution in [-0.4, -0.2) is 14.2 Å². The lowest BCUT2D eigenvalue weighted by Crippen LogP contribution is -2.29. The van der Waals surface area contributed by atoms with Gasteiger partial charge in [-0.2, -0.15) is 0 Å². The van der Waals surface area contributed by atoms with Crippen LogP contribution in [0.15, 0.2) is 48.5 Å². The van der Waals surface area contributed by atoms with Gasteiger partial charge in [0.25, 0.3) is 0 Å². The summed E-state index contributed by atoms with van der Waals surface area (Å²) in [5.74, 6) is 0.735. The highest BCUT2D eigenvalue weighted by atomic mass is 35.5. The van der Waals surface area contributed by atoms with Crippen LogP contribution >= 0.6 is 11.6 Å². The van der Waals surface area contributed by atoms with Crippen LogP contribution in [0.5, 0.6) is 5.75 Å². The Bertz CT molecular complexity index is 622. The maximum absolute atomic E-state index is 6.15. The molecular formula is C18H20ClNO. The molecule has 110 valence electrons. The van der Waals surface area contributed by atoms with Crippen molar-refractivity contribution >= 4 is 11.6 Å². The van der Waals surface area contributed by atoms with Crippen LogP contribution in [0.1, 0.15) is 30.0 Å². The lowest BCUT2D eigenvalue weighted by molar-refractivity contribution is 0.410. The van der Waals surface area contributed by atoms with E-state index in [2.05, 4.69) is 41.7 Å². The molecule has 1 unspecified atom stereocenters. The molecule has 2 aromatic rings. The second-order valence-electron chi connectivity index (χ2n) is 5.64. The largest absolute Gasteiger partial charge is 0.495 e. The number of hydrogen-bond donors (Lipinski definition) is 1. The maximum Gasteiger partial charge on any atom is 0.137 e. The van der Waals surface area contributed by atoms with Gasteiger partial charge in [0.1, 0.15) is 5.75 Å². The lowest BCUT2D eigenvalue weighted by Gasteiger charge is -2.28. The zero-order chi connectivity index (χ0) is 14.9. The third-order valence-corrected chi connectivity index (χ3v) is 4.80. The maximum atomic E-state index is 6.15. The molecule has 0 spiro atoms. The van der Waals surface area contributed by atoms with E-state index < -0.39 is 0 Å². The van der Waals surface area contributed by atoms with Crippen molar-refractivity contribution in [2.24, 2.45) is 0 Å². The van der Waals surface area contributed by atoms with Gasteiger partial charge in [-0.3, -0.25) is 0 Å². The number of hydrogen-bond acceptors (Lipinski definition) is 2. The first-order chi connectivity index (χ1) is 10.2. The van der Waals surface area contributed by atoms with Gasteiger partial charge < -0.3 is 10.1 Å². The summed E-state index contributed by atoms with van der Waals surface area (Å²) in [4.78, 5) is 0. The van der Waals surface area contributed by atoms with Crippen molar-refractivity contribution in [1.82, 2.24) is 5.32 Å². The predicted molar refractivity (Wildman–Crippen MR) is 87.2 cm³/mol. The molecule has 2 nitrogen and oxygen atoms in total. The first-order valence-corrected chi connectivity index (χ1v) is 7.65. The molecule has 1 atom stereocenters. The Morgan fingerprint density at radius 3 is 2.43 bits per heavy atom. The van der Waals surface area contributed by atoms with Gasteiger partial charge in [0.05, 0.1) is 12.1 Å². The Morgan fingerprint density at radius 2 is 1.86 bits per heavy atom. The molecule has 1 saturated carbocycles. The van der Waals surface area contributed by atoms with Gasteiger partial charge in [0, 0.05) is 11.5 Å². The molecule has 1 fully saturated rings. The third-order valence-electron chi connectivity index (χ3n) is 4.49. The van der Waals surface area contributed by atoms with Crippen LogP contribution in [0.4, 0.5) is 0 Å². The molecule has 0 heterocycles. The fourth-order valence-corrected chi connectivity index (χ4v) is 3.46. The Labute approximate surface area is 131 Å². The molecule has 1 N–H and O–H groups in total. The highest BCUT2D eigenvalue weighted by molar-refractivity contribution is 6.32. The van der Waals surface area contributed by atoms with Crippen molar-refractivity contribution < 1.29 is 4.74 Å². The molecule has 0 amide bonds. The van der Waals surface area contributed by atoms with Crippen LogP contribution < -0.4 is 10.1 Å². The minimum Gasteiger partial charge on any atom is -0.495 e. The lowest BCUT2D eigenvalue weighted by atomic mass is 9.84. The summed E-state index contributed by atoms with van der Waals surface area (Å²) >= 11 is 6.15. The quantitative estimate of drug-likeness (QED) is 0.887. The van der Waals surface area contributed by atoms with Crippen LogP contribution in [0, 0.1) is 0 Å². The van der Waals surface area contributed by atoms with Crippen molar-refractivity contribution in [3.05, 3.63) is 64.7 Å². The van der Waals surface area contributed by atoms with Crippen LogP contribution in [0.25, 0.3) is 0 Å². The van der Waals surface area contributed by atoms with Gasteiger partial charge in [0.2, 0.25) is 0 Å². The van der Waals surface area contributed by atoms with E-state index in [-0.39, 0.29) is 11.5 Å². The number of benzene rings is 2. The Morgan fingerprint density at radius 1 is 1.14 bits per heavy atom. The van der Waals surface area contributed by atoms with Crippen molar-refractivity contribution in [3.63, 3.8) is 0 Å². The predicted octanol–water partition coefficient (Wildman–Crippen LogP) is 4.34. The summed E-state index contributed by atoms with van der Waals surface area (Å²) in [5, 5.41) is 4.15. The smallest absolute Gasteiger partial charge is 0.137 e. The van der Waals surface area contributed by atoms with Crippen LogP contribution in [0.3, 0.4) is 0 Å². The number of likely N-dealkylation sites (N-methyl/N-ethyl adjacent to an activating group) is 1. The van der Waals surface area contributed by atoms with Crippen LogP contribution in [0.2, 0.25) is 5.02 Å². The molecule has 0 aliphatic heterocycles. The Kier molecular flexibility index (Phi) is 3.92. The van der Waals surface area contributed by atoms with Gasteiger partial charge in [-0.05, 0) is 43.1 Å². The molecule has 1 aliphatic carbocycles. The fourth-order valence-electron chi connectivity index (χ4n) is 3.27. The summed E-state index contributed by atoms with van der Waals surface area (Å²) < 4.78 is 5.36. The molecule has 21 heavy (non-hydrogen) atoms. The van der Waals surface area contributed by atoms with E-state index in [1.165, 1.54) is 24.0 Å². The summed E-state index contributed by atoms with van der Waals surface area (Å²) in [6.07, 6.45) is 2.40. The Balaban J connectivity index is 1.99. The highest BCUT2D eigenvalue weighted by Crippen LogP contribution is 2.56. The van der Waals surface area contributed by atoms with Gasteiger partial charge in [-0.1, -0.05) is 48.0 Å². The van der Waals surface area contributed by atoms with Gasteiger partial charge >= 0.3 is 0 Å². The number of nitrogens with one attached hydrogen (secondary N) is 1. The molecule has 1 aliphatic rings. The van der Waals surface area contributed by atoms with Crippen LogP contribution in [-0.2, 0) is 5.41 Å². The average Bonchev–Trinajstić information content (AvgIpc) is 3.32.